The van der Waals surface area contributed by atoms with Crippen LogP contribution in [-0.4, -0.2) is 18.4 Å². The number of rotatable bonds is 2. The van der Waals surface area contributed by atoms with Gasteiger partial charge in [-0.3, -0.25) is 4.79 Å². The van der Waals surface area contributed by atoms with E-state index in [4.69, 9.17) is 0 Å². The Hall–Kier alpha value is -0.830. The second-order valence-corrected chi connectivity index (χ2v) is 5.67. The predicted molar refractivity (Wildman–Crippen MR) is 74.8 cm³/mol. The molecule has 1 saturated heterocycles. The molecule has 2 rings (SSSR count). The quantitative estimate of drug-likeness (QED) is 0.768. The summed E-state index contributed by atoms with van der Waals surface area (Å²) in [5.74, 6) is 0.138. The van der Waals surface area contributed by atoms with Crippen LogP contribution in [0, 0.1) is 0 Å². The Morgan fingerprint density at radius 2 is 2.18 bits per heavy atom. The average Bonchev–Trinajstić information content (AvgIpc) is 2.30. The Bertz CT molecular complexity index is 430. The molecule has 0 saturated carbocycles. The van der Waals surface area contributed by atoms with E-state index in [1.54, 1.807) is 6.92 Å². The van der Waals surface area contributed by atoms with Gasteiger partial charge in [0.25, 0.3) is 0 Å². The molecule has 1 unspecified atom stereocenters. The SMILES string of the molecule is CC(=O)c1cc(Br)ccc1N1CCCCC1C. The smallest absolute Gasteiger partial charge is 0.161 e. The van der Waals surface area contributed by atoms with E-state index < -0.39 is 0 Å². The molecule has 0 amide bonds. The first kappa shape index (κ1) is 12.6. The first-order chi connectivity index (χ1) is 8.09. The van der Waals surface area contributed by atoms with Crippen LogP contribution in [0.3, 0.4) is 0 Å². The highest BCUT2D eigenvalue weighted by Crippen LogP contribution is 2.30. The van der Waals surface area contributed by atoms with Gasteiger partial charge in [-0.05, 0) is 51.3 Å². The summed E-state index contributed by atoms with van der Waals surface area (Å²) in [6.45, 7) is 4.94. The van der Waals surface area contributed by atoms with Gasteiger partial charge in [0.2, 0.25) is 0 Å². The van der Waals surface area contributed by atoms with Gasteiger partial charge in [0.05, 0.1) is 0 Å². The van der Waals surface area contributed by atoms with Crippen molar-refractivity contribution in [1.82, 2.24) is 0 Å². The summed E-state index contributed by atoms with van der Waals surface area (Å²) in [6.07, 6.45) is 3.73. The number of ketones is 1. The van der Waals surface area contributed by atoms with Crippen LogP contribution in [0.15, 0.2) is 22.7 Å². The molecule has 0 radical (unpaired) electrons. The molecule has 0 aromatic heterocycles. The summed E-state index contributed by atoms with van der Waals surface area (Å²) >= 11 is 3.43. The molecule has 1 aliphatic rings. The van der Waals surface area contributed by atoms with Crippen molar-refractivity contribution in [2.75, 3.05) is 11.4 Å². The lowest BCUT2D eigenvalue weighted by molar-refractivity contribution is 0.101. The van der Waals surface area contributed by atoms with E-state index in [1.165, 1.54) is 19.3 Å². The van der Waals surface area contributed by atoms with Crippen molar-refractivity contribution in [3.8, 4) is 0 Å². The van der Waals surface area contributed by atoms with Crippen molar-refractivity contribution in [2.24, 2.45) is 0 Å². The summed E-state index contributed by atoms with van der Waals surface area (Å²) in [5, 5.41) is 0. The highest BCUT2D eigenvalue weighted by atomic mass is 79.9. The van der Waals surface area contributed by atoms with E-state index in [1.807, 2.05) is 12.1 Å². The van der Waals surface area contributed by atoms with Crippen LogP contribution in [0.1, 0.15) is 43.5 Å². The molecule has 1 aromatic rings. The third kappa shape index (κ3) is 2.71. The summed E-state index contributed by atoms with van der Waals surface area (Å²) < 4.78 is 0.969. The molecule has 1 aromatic carbocycles. The fourth-order valence-electron chi connectivity index (χ4n) is 2.50. The molecule has 0 bridgehead atoms. The maximum Gasteiger partial charge on any atom is 0.161 e. The van der Waals surface area contributed by atoms with Crippen molar-refractivity contribution in [3.63, 3.8) is 0 Å². The van der Waals surface area contributed by atoms with Gasteiger partial charge in [0.1, 0.15) is 0 Å². The van der Waals surface area contributed by atoms with Crippen LogP contribution in [-0.2, 0) is 0 Å². The second-order valence-electron chi connectivity index (χ2n) is 4.76. The van der Waals surface area contributed by atoms with Crippen LogP contribution in [0.5, 0.6) is 0 Å². The number of piperidine rings is 1. The molecule has 2 nitrogen and oxygen atoms in total. The van der Waals surface area contributed by atoms with Crippen LogP contribution >= 0.6 is 15.9 Å². The first-order valence-corrected chi connectivity index (χ1v) is 6.96. The molecule has 1 heterocycles. The van der Waals surface area contributed by atoms with E-state index in [2.05, 4.69) is 33.8 Å². The molecule has 1 atom stereocenters. The fourth-order valence-corrected chi connectivity index (χ4v) is 2.86. The van der Waals surface area contributed by atoms with E-state index in [-0.39, 0.29) is 5.78 Å². The zero-order chi connectivity index (χ0) is 12.4. The van der Waals surface area contributed by atoms with Crippen LogP contribution in [0.25, 0.3) is 0 Å². The fraction of sp³-hybridized carbons (Fsp3) is 0.500. The van der Waals surface area contributed by atoms with Crippen molar-refractivity contribution in [2.45, 2.75) is 39.2 Å². The maximum atomic E-state index is 11.7. The molecule has 1 aliphatic heterocycles. The number of benzene rings is 1. The van der Waals surface area contributed by atoms with Gasteiger partial charge in [-0.1, -0.05) is 15.9 Å². The number of nitrogens with zero attached hydrogens (tertiary/aromatic N) is 1. The largest absolute Gasteiger partial charge is 0.368 e. The molecule has 17 heavy (non-hydrogen) atoms. The summed E-state index contributed by atoms with van der Waals surface area (Å²) in [6, 6.07) is 6.54. The van der Waals surface area contributed by atoms with Crippen molar-refractivity contribution >= 4 is 27.4 Å². The first-order valence-electron chi connectivity index (χ1n) is 6.16. The number of hydrogen-bond acceptors (Lipinski definition) is 2. The Morgan fingerprint density at radius 3 is 2.82 bits per heavy atom. The van der Waals surface area contributed by atoms with Gasteiger partial charge in [0, 0.05) is 28.3 Å². The van der Waals surface area contributed by atoms with E-state index in [9.17, 15) is 4.79 Å². The van der Waals surface area contributed by atoms with E-state index in [0.29, 0.717) is 6.04 Å². The van der Waals surface area contributed by atoms with E-state index in [0.717, 1.165) is 22.3 Å². The Kier molecular flexibility index (Phi) is 3.87. The van der Waals surface area contributed by atoms with Gasteiger partial charge < -0.3 is 4.90 Å². The molecule has 3 heteroatoms. The highest BCUT2D eigenvalue weighted by molar-refractivity contribution is 9.10. The van der Waals surface area contributed by atoms with Gasteiger partial charge in [0.15, 0.2) is 5.78 Å². The monoisotopic (exact) mass is 295 g/mol. The number of hydrogen-bond donors (Lipinski definition) is 0. The molecule has 1 fully saturated rings. The number of carbonyl (C=O) groups is 1. The standard InChI is InChI=1S/C14H18BrNO/c1-10-5-3-4-8-16(10)14-7-6-12(15)9-13(14)11(2)17/h6-7,9-10H,3-5,8H2,1-2H3. The zero-order valence-electron chi connectivity index (χ0n) is 10.4. The van der Waals surface area contributed by atoms with Crippen LogP contribution < -0.4 is 4.90 Å². The van der Waals surface area contributed by atoms with Crippen molar-refractivity contribution in [3.05, 3.63) is 28.2 Å². The summed E-state index contributed by atoms with van der Waals surface area (Å²) in [4.78, 5) is 14.1. The average molecular weight is 296 g/mol. The lowest BCUT2D eigenvalue weighted by atomic mass is 10.00. The van der Waals surface area contributed by atoms with Crippen LogP contribution in [0.4, 0.5) is 5.69 Å². The molecular weight excluding hydrogens is 278 g/mol. The highest BCUT2D eigenvalue weighted by Gasteiger charge is 2.22. The summed E-state index contributed by atoms with van der Waals surface area (Å²) in [5.41, 5.74) is 1.92. The molecular formula is C14H18BrNO. The van der Waals surface area contributed by atoms with Crippen molar-refractivity contribution < 1.29 is 4.79 Å². The predicted octanol–water partition coefficient (Wildman–Crippen LogP) is 4.03. The molecule has 0 N–H and O–H groups in total. The maximum absolute atomic E-state index is 11.7. The second kappa shape index (κ2) is 5.21. The molecule has 0 spiro atoms. The van der Waals surface area contributed by atoms with Gasteiger partial charge >= 0.3 is 0 Å². The Morgan fingerprint density at radius 1 is 1.41 bits per heavy atom. The number of anilines is 1. The Balaban J connectivity index is 2.39. The van der Waals surface area contributed by atoms with E-state index >= 15 is 0 Å². The number of halogens is 1. The number of Topliss-reactive ketones (excluding diaryl/α,β-unsaturated/α-hetero) is 1. The zero-order valence-corrected chi connectivity index (χ0v) is 12.0. The minimum Gasteiger partial charge on any atom is -0.368 e. The van der Waals surface area contributed by atoms with Gasteiger partial charge in [-0.25, -0.2) is 0 Å². The topological polar surface area (TPSA) is 20.3 Å². The minimum atomic E-state index is 0.138. The third-order valence-electron chi connectivity index (χ3n) is 3.45. The lowest BCUT2D eigenvalue weighted by Crippen LogP contribution is -2.38. The van der Waals surface area contributed by atoms with Crippen molar-refractivity contribution in [1.29, 1.82) is 0 Å². The normalized spacial score (nSPS) is 20.4. The Labute approximate surface area is 111 Å². The minimum absolute atomic E-state index is 0.138. The lowest BCUT2D eigenvalue weighted by Gasteiger charge is -2.36. The molecule has 0 aliphatic carbocycles. The van der Waals surface area contributed by atoms with Gasteiger partial charge in [-0.15, -0.1) is 0 Å². The number of carbonyl (C=O) groups excluding carboxylic acids is 1. The summed E-state index contributed by atoms with van der Waals surface area (Å²) in [7, 11) is 0. The third-order valence-corrected chi connectivity index (χ3v) is 3.94. The molecule has 92 valence electrons. The van der Waals surface area contributed by atoms with Crippen LogP contribution in [0.2, 0.25) is 0 Å². The van der Waals surface area contributed by atoms with Gasteiger partial charge in [-0.2, -0.15) is 0 Å².